The van der Waals surface area contributed by atoms with Gasteiger partial charge in [0.1, 0.15) is 4.83 Å². The zero-order chi connectivity index (χ0) is 17.3. The van der Waals surface area contributed by atoms with Crippen molar-refractivity contribution in [1.29, 1.82) is 0 Å². The lowest BCUT2D eigenvalue weighted by atomic mass is 10.0. The molecule has 0 fully saturated rings. The Labute approximate surface area is 143 Å². The van der Waals surface area contributed by atoms with E-state index >= 15 is 0 Å². The zero-order valence-corrected chi connectivity index (χ0v) is 14.4. The molecule has 6 heteroatoms. The van der Waals surface area contributed by atoms with Crippen LogP contribution in [0.15, 0.2) is 35.4 Å². The SMILES string of the molecule is Cc1ccc(-c2c(C)sc3ncn(CCCC(=O)O)c(=O)c23)cc1. The van der Waals surface area contributed by atoms with E-state index in [-0.39, 0.29) is 12.0 Å². The standard InChI is InChI=1S/C18H18N2O3S/c1-11-5-7-13(8-6-11)15-12(2)24-17-16(15)18(23)20(10-19-17)9-3-4-14(21)22/h5-8,10H,3-4,9H2,1-2H3,(H,21,22). The van der Waals surface area contributed by atoms with Crippen molar-refractivity contribution in [1.82, 2.24) is 9.55 Å². The fraction of sp³-hybridized carbons (Fsp3) is 0.278. The van der Waals surface area contributed by atoms with Crippen LogP contribution >= 0.6 is 11.3 Å². The Balaban J connectivity index is 2.09. The number of carbonyl (C=O) groups is 1. The average molecular weight is 342 g/mol. The first-order valence-electron chi connectivity index (χ1n) is 7.74. The second-order valence-corrected chi connectivity index (χ2v) is 7.02. The maximum Gasteiger partial charge on any atom is 0.303 e. The molecule has 0 aliphatic heterocycles. The van der Waals surface area contributed by atoms with Crippen LogP contribution in [0.4, 0.5) is 0 Å². The van der Waals surface area contributed by atoms with Crippen LogP contribution in [-0.4, -0.2) is 20.6 Å². The number of fused-ring (bicyclic) bond motifs is 1. The molecule has 0 atom stereocenters. The third-order valence-electron chi connectivity index (χ3n) is 3.98. The van der Waals surface area contributed by atoms with Crippen LogP contribution in [0.1, 0.15) is 23.3 Å². The number of nitrogens with zero attached hydrogens (tertiary/aromatic N) is 2. The van der Waals surface area contributed by atoms with Gasteiger partial charge in [0.15, 0.2) is 0 Å². The number of rotatable bonds is 5. The highest BCUT2D eigenvalue weighted by molar-refractivity contribution is 7.19. The van der Waals surface area contributed by atoms with E-state index in [1.54, 1.807) is 0 Å². The van der Waals surface area contributed by atoms with E-state index in [4.69, 9.17) is 5.11 Å². The molecule has 0 radical (unpaired) electrons. The summed E-state index contributed by atoms with van der Waals surface area (Å²) in [4.78, 5) is 29.7. The van der Waals surface area contributed by atoms with Gasteiger partial charge in [0.05, 0.1) is 11.7 Å². The second-order valence-electron chi connectivity index (χ2n) is 5.82. The van der Waals surface area contributed by atoms with Crippen molar-refractivity contribution < 1.29 is 9.90 Å². The largest absolute Gasteiger partial charge is 0.481 e. The van der Waals surface area contributed by atoms with Gasteiger partial charge in [0, 0.05) is 23.4 Å². The summed E-state index contributed by atoms with van der Waals surface area (Å²) >= 11 is 1.51. The van der Waals surface area contributed by atoms with Gasteiger partial charge in [-0.2, -0.15) is 0 Å². The fourth-order valence-corrected chi connectivity index (χ4v) is 3.77. The highest BCUT2D eigenvalue weighted by Crippen LogP contribution is 2.35. The Morgan fingerprint density at radius 2 is 1.96 bits per heavy atom. The molecule has 1 aromatic carbocycles. The molecular formula is C18H18N2O3S. The van der Waals surface area contributed by atoms with Gasteiger partial charge in [-0.25, -0.2) is 4.98 Å². The van der Waals surface area contributed by atoms with E-state index < -0.39 is 5.97 Å². The Kier molecular flexibility index (Phi) is 4.49. The topological polar surface area (TPSA) is 72.2 Å². The van der Waals surface area contributed by atoms with E-state index in [1.165, 1.54) is 27.8 Å². The van der Waals surface area contributed by atoms with Crippen LogP contribution in [0.25, 0.3) is 21.3 Å². The highest BCUT2D eigenvalue weighted by Gasteiger charge is 2.16. The number of aromatic nitrogens is 2. The number of carboxylic acid groups (broad SMARTS) is 1. The molecule has 0 saturated carbocycles. The van der Waals surface area contributed by atoms with Crippen LogP contribution in [0, 0.1) is 13.8 Å². The Hall–Kier alpha value is -2.47. The molecule has 2 heterocycles. The van der Waals surface area contributed by atoms with Gasteiger partial charge < -0.3 is 5.11 Å². The third-order valence-corrected chi connectivity index (χ3v) is 5.00. The molecule has 124 valence electrons. The maximum atomic E-state index is 12.9. The first kappa shape index (κ1) is 16.4. The maximum absolute atomic E-state index is 12.9. The van der Waals surface area contributed by atoms with Crippen LogP contribution in [0.5, 0.6) is 0 Å². The van der Waals surface area contributed by atoms with E-state index in [9.17, 15) is 9.59 Å². The second kappa shape index (κ2) is 6.57. The van der Waals surface area contributed by atoms with Crippen molar-refractivity contribution in [3.05, 3.63) is 51.4 Å². The molecule has 0 aliphatic rings. The van der Waals surface area contributed by atoms with Crippen LogP contribution < -0.4 is 5.56 Å². The molecular weight excluding hydrogens is 324 g/mol. The van der Waals surface area contributed by atoms with Crippen LogP contribution in [-0.2, 0) is 11.3 Å². The summed E-state index contributed by atoms with van der Waals surface area (Å²) in [7, 11) is 0. The minimum atomic E-state index is -0.858. The summed E-state index contributed by atoms with van der Waals surface area (Å²) < 4.78 is 1.51. The minimum Gasteiger partial charge on any atom is -0.481 e. The lowest BCUT2D eigenvalue weighted by molar-refractivity contribution is -0.137. The quantitative estimate of drug-likeness (QED) is 0.769. The lowest BCUT2D eigenvalue weighted by Crippen LogP contribution is -2.20. The number of aryl methyl sites for hydroxylation is 3. The monoisotopic (exact) mass is 342 g/mol. The molecule has 0 amide bonds. The molecule has 0 bridgehead atoms. The van der Waals surface area contributed by atoms with Gasteiger partial charge >= 0.3 is 5.97 Å². The van der Waals surface area contributed by atoms with Crippen molar-refractivity contribution in [2.75, 3.05) is 0 Å². The first-order chi connectivity index (χ1) is 11.5. The van der Waals surface area contributed by atoms with Crippen molar-refractivity contribution in [3.63, 3.8) is 0 Å². The Morgan fingerprint density at radius 3 is 2.62 bits per heavy atom. The average Bonchev–Trinajstić information content (AvgIpc) is 2.87. The summed E-state index contributed by atoms with van der Waals surface area (Å²) in [5.74, 6) is -0.858. The number of carboxylic acids is 1. The summed E-state index contributed by atoms with van der Waals surface area (Å²) in [6.45, 7) is 4.38. The molecule has 1 N–H and O–H groups in total. The molecule has 2 aromatic heterocycles. The first-order valence-corrected chi connectivity index (χ1v) is 8.56. The van der Waals surface area contributed by atoms with E-state index in [0.29, 0.717) is 18.4 Å². The molecule has 0 aliphatic carbocycles. The molecule has 0 saturated heterocycles. The number of hydrogen-bond donors (Lipinski definition) is 1. The van der Waals surface area contributed by atoms with E-state index in [0.717, 1.165) is 20.8 Å². The lowest BCUT2D eigenvalue weighted by Gasteiger charge is -2.06. The third kappa shape index (κ3) is 3.10. The molecule has 0 unspecified atom stereocenters. The summed E-state index contributed by atoms with van der Waals surface area (Å²) in [6, 6.07) is 8.09. The molecule has 3 aromatic rings. The minimum absolute atomic E-state index is 0.0396. The summed E-state index contributed by atoms with van der Waals surface area (Å²) in [5, 5.41) is 9.37. The van der Waals surface area contributed by atoms with E-state index in [2.05, 4.69) is 4.98 Å². The van der Waals surface area contributed by atoms with Gasteiger partial charge in [0.25, 0.3) is 5.56 Å². The summed E-state index contributed by atoms with van der Waals surface area (Å²) in [6.07, 6.45) is 1.96. The van der Waals surface area contributed by atoms with Crippen molar-refractivity contribution in [2.24, 2.45) is 0 Å². The van der Waals surface area contributed by atoms with Crippen LogP contribution in [0.2, 0.25) is 0 Å². The van der Waals surface area contributed by atoms with Gasteiger partial charge in [-0.15, -0.1) is 11.3 Å². The summed E-state index contributed by atoms with van der Waals surface area (Å²) in [5.41, 5.74) is 3.00. The van der Waals surface area contributed by atoms with Gasteiger partial charge in [-0.05, 0) is 25.8 Å². The van der Waals surface area contributed by atoms with Gasteiger partial charge in [-0.3, -0.25) is 14.2 Å². The smallest absolute Gasteiger partial charge is 0.303 e. The molecule has 0 spiro atoms. The predicted molar refractivity (Wildman–Crippen MR) is 95.7 cm³/mol. The molecule has 24 heavy (non-hydrogen) atoms. The predicted octanol–water partition coefficient (Wildman–Crippen LogP) is 3.61. The number of thiophene rings is 1. The Bertz CT molecular complexity index is 955. The van der Waals surface area contributed by atoms with E-state index in [1.807, 2.05) is 38.1 Å². The van der Waals surface area contributed by atoms with Crippen molar-refractivity contribution in [3.8, 4) is 11.1 Å². The van der Waals surface area contributed by atoms with Crippen LogP contribution in [0.3, 0.4) is 0 Å². The fourth-order valence-electron chi connectivity index (χ4n) is 2.77. The number of aliphatic carboxylic acids is 1. The highest BCUT2D eigenvalue weighted by atomic mass is 32.1. The number of benzene rings is 1. The van der Waals surface area contributed by atoms with Crippen molar-refractivity contribution >= 4 is 27.5 Å². The molecule has 3 rings (SSSR count). The van der Waals surface area contributed by atoms with Crippen molar-refractivity contribution in [2.45, 2.75) is 33.2 Å². The van der Waals surface area contributed by atoms with Gasteiger partial charge in [0.2, 0.25) is 0 Å². The zero-order valence-electron chi connectivity index (χ0n) is 13.6. The molecule has 5 nitrogen and oxygen atoms in total. The van der Waals surface area contributed by atoms with Gasteiger partial charge in [-0.1, -0.05) is 29.8 Å². The Morgan fingerprint density at radius 1 is 1.25 bits per heavy atom. The number of hydrogen-bond acceptors (Lipinski definition) is 4. The normalized spacial score (nSPS) is 11.1.